The van der Waals surface area contributed by atoms with E-state index in [-0.39, 0.29) is 5.76 Å². The average Bonchev–Trinajstić information content (AvgIpc) is 3.26. The smallest absolute Gasteiger partial charge is 0.419 e. The number of nitrogens with zero attached hydrogens (tertiary/aromatic N) is 4. The predicted molar refractivity (Wildman–Crippen MR) is 99.1 cm³/mol. The van der Waals surface area contributed by atoms with E-state index >= 15 is 0 Å². The fourth-order valence-corrected chi connectivity index (χ4v) is 3.62. The highest BCUT2D eigenvalue weighted by Crippen LogP contribution is 2.26. The number of para-hydroxylation sites is 4. The van der Waals surface area contributed by atoms with Crippen molar-refractivity contribution in [2.24, 2.45) is 0 Å². The molecule has 0 radical (unpaired) electrons. The zero-order valence-electron chi connectivity index (χ0n) is 14.0. The molecule has 132 valence electrons. The van der Waals surface area contributed by atoms with Crippen LogP contribution in [0, 0.1) is 0 Å². The quantitative estimate of drug-likeness (QED) is 0.487. The molecular weight excluding hydrogens is 352 g/mol. The largest absolute Gasteiger partial charge is 0.495 e. The molecule has 4 aromatic rings. The van der Waals surface area contributed by atoms with E-state index in [9.17, 15) is 4.79 Å². The van der Waals surface area contributed by atoms with E-state index in [1.54, 1.807) is 24.1 Å². The average molecular weight is 368 g/mol. The molecule has 0 saturated carbocycles. The molecule has 0 unspecified atom stereocenters. The maximum Gasteiger partial charge on any atom is 0.419 e. The van der Waals surface area contributed by atoms with Crippen molar-refractivity contribution in [3.63, 3.8) is 0 Å². The minimum absolute atomic E-state index is 0.349. The maximum absolute atomic E-state index is 12.0. The fraction of sp³-hybridized carbons (Fsp3) is 0.167. The van der Waals surface area contributed by atoms with Crippen LogP contribution in [0.25, 0.3) is 16.8 Å². The van der Waals surface area contributed by atoms with Crippen LogP contribution < -0.4 is 10.5 Å². The molecule has 8 heteroatoms. The van der Waals surface area contributed by atoms with Crippen molar-refractivity contribution < 1.29 is 9.15 Å². The first-order valence-corrected chi connectivity index (χ1v) is 9.01. The lowest BCUT2D eigenvalue weighted by atomic mass is 10.3. The molecule has 26 heavy (non-hydrogen) atoms. The third-order valence-electron chi connectivity index (χ3n) is 3.98. The third-order valence-corrected chi connectivity index (χ3v) is 4.90. The summed E-state index contributed by atoms with van der Waals surface area (Å²) in [5.74, 6) is 1.04. The number of hydrogen-bond donors (Lipinski definition) is 0. The first-order chi connectivity index (χ1) is 12.8. The second-order valence-corrected chi connectivity index (χ2v) is 6.55. The number of aryl methyl sites for hydroxylation is 1. The monoisotopic (exact) mass is 368 g/mol. The lowest BCUT2D eigenvalue weighted by molar-refractivity contribution is 0.412. The molecule has 0 N–H and O–H groups in total. The van der Waals surface area contributed by atoms with Crippen molar-refractivity contribution in [1.29, 1.82) is 0 Å². The van der Waals surface area contributed by atoms with E-state index in [2.05, 4.69) is 10.2 Å². The van der Waals surface area contributed by atoms with Crippen LogP contribution in [0.4, 0.5) is 0 Å². The summed E-state index contributed by atoms with van der Waals surface area (Å²) in [6.45, 7) is 0.513. The normalized spacial score (nSPS) is 11.1. The highest BCUT2D eigenvalue weighted by Gasteiger charge is 2.12. The Balaban J connectivity index is 1.54. The van der Waals surface area contributed by atoms with E-state index in [1.165, 1.54) is 11.8 Å². The van der Waals surface area contributed by atoms with Crippen LogP contribution in [0.3, 0.4) is 0 Å². The van der Waals surface area contributed by atoms with Gasteiger partial charge in [-0.25, -0.2) is 4.79 Å². The SMILES string of the molecule is COc1ccccc1-n1cnnc1SCCn1c(=O)oc2ccccc21. The predicted octanol–water partition coefficient (Wildman–Crippen LogP) is 2.98. The molecule has 0 aliphatic heterocycles. The fourth-order valence-electron chi connectivity index (χ4n) is 2.77. The third kappa shape index (κ3) is 2.99. The van der Waals surface area contributed by atoms with E-state index in [0.29, 0.717) is 17.9 Å². The number of thioether (sulfide) groups is 1. The summed E-state index contributed by atoms with van der Waals surface area (Å²) in [4.78, 5) is 12.0. The molecule has 7 nitrogen and oxygen atoms in total. The van der Waals surface area contributed by atoms with Gasteiger partial charge in [0.25, 0.3) is 0 Å². The Morgan fingerprint density at radius 1 is 1.15 bits per heavy atom. The number of aromatic nitrogens is 4. The summed E-state index contributed by atoms with van der Waals surface area (Å²) < 4.78 is 14.2. The van der Waals surface area contributed by atoms with Crippen LogP contribution in [0.15, 0.2) is 69.2 Å². The number of methoxy groups -OCH3 is 1. The van der Waals surface area contributed by atoms with Gasteiger partial charge in [-0.15, -0.1) is 10.2 Å². The second kappa shape index (κ2) is 7.09. The van der Waals surface area contributed by atoms with E-state index < -0.39 is 0 Å². The molecule has 0 fully saturated rings. The van der Waals surface area contributed by atoms with Crippen molar-refractivity contribution in [2.75, 3.05) is 12.9 Å². The van der Waals surface area contributed by atoms with Crippen LogP contribution >= 0.6 is 11.8 Å². The molecule has 0 saturated heterocycles. The lowest BCUT2D eigenvalue weighted by Gasteiger charge is -2.10. The van der Waals surface area contributed by atoms with Gasteiger partial charge in [-0.05, 0) is 24.3 Å². The van der Waals surface area contributed by atoms with Gasteiger partial charge in [-0.3, -0.25) is 9.13 Å². The highest BCUT2D eigenvalue weighted by molar-refractivity contribution is 7.99. The zero-order valence-corrected chi connectivity index (χ0v) is 14.8. The van der Waals surface area contributed by atoms with Gasteiger partial charge >= 0.3 is 5.76 Å². The van der Waals surface area contributed by atoms with Crippen LogP contribution in [0.1, 0.15) is 0 Å². The molecular formula is C18H16N4O3S. The van der Waals surface area contributed by atoms with Gasteiger partial charge in [0.05, 0.1) is 18.3 Å². The van der Waals surface area contributed by atoms with Crippen LogP contribution in [-0.4, -0.2) is 32.2 Å². The number of oxazole rings is 1. The van der Waals surface area contributed by atoms with Gasteiger partial charge in [0.1, 0.15) is 12.1 Å². The first-order valence-electron chi connectivity index (χ1n) is 8.02. The summed E-state index contributed by atoms with van der Waals surface area (Å²) in [6, 6.07) is 15.1. The summed E-state index contributed by atoms with van der Waals surface area (Å²) in [5.41, 5.74) is 2.26. The van der Waals surface area contributed by atoms with Crippen molar-refractivity contribution in [3.05, 3.63) is 65.4 Å². The summed E-state index contributed by atoms with van der Waals surface area (Å²) in [5, 5.41) is 8.92. The Labute approximate surface area is 153 Å². The van der Waals surface area contributed by atoms with Gasteiger partial charge in [0.2, 0.25) is 0 Å². The molecule has 2 aromatic carbocycles. The summed E-state index contributed by atoms with van der Waals surface area (Å²) in [6.07, 6.45) is 1.65. The van der Waals surface area contributed by atoms with Crippen molar-refractivity contribution in [3.8, 4) is 11.4 Å². The molecule has 2 heterocycles. The van der Waals surface area contributed by atoms with E-state index in [0.717, 1.165) is 22.1 Å². The number of benzene rings is 2. The van der Waals surface area contributed by atoms with Crippen molar-refractivity contribution in [2.45, 2.75) is 11.7 Å². The van der Waals surface area contributed by atoms with Crippen LogP contribution in [0.2, 0.25) is 0 Å². The number of ether oxygens (including phenoxy) is 1. The van der Waals surface area contributed by atoms with Crippen LogP contribution in [-0.2, 0) is 6.54 Å². The lowest BCUT2D eigenvalue weighted by Crippen LogP contribution is -2.15. The van der Waals surface area contributed by atoms with E-state index in [1.807, 2.05) is 47.0 Å². The van der Waals surface area contributed by atoms with Gasteiger partial charge < -0.3 is 9.15 Å². The Kier molecular flexibility index (Phi) is 4.49. The number of fused-ring (bicyclic) bond motifs is 1. The zero-order chi connectivity index (χ0) is 17.9. The topological polar surface area (TPSA) is 75.1 Å². The second-order valence-electron chi connectivity index (χ2n) is 5.49. The summed E-state index contributed by atoms with van der Waals surface area (Å²) >= 11 is 1.52. The standard InChI is InChI=1S/C18H16N4O3S/c1-24-15-8-4-2-6-13(15)22-12-19-20-17(22)26-11-10-21-14-7-3-5-9-16(14)25-18(21)23/h2-9,12H,10-11H2,1H3. The molecule has 4 rings (SSSR count). The molecule has 0 spiro atoms. The van der Waals surface area contributed by atoms with Crippen LogP contribution in [0.5, 0.6) is 5.75 Å². The molecule has 0 bridgehead atoms. The van der Waals surface area contributed by atoms with Crippen molar-refractivity contribution >= 4 is 22.9 Å². The molecule has 2 aromatic heterocycles. The maximum atomic E-state index is 12.0. The summed E-state index contributed by atoms with van der Waals surface area (Å²) in [7, 11) is 1.63. The first kappa shape index (κ1) is 16.5. The minimum atomic E-state index is -0.349. The Hall–Kier alpha value is -3.00. The van der Waals surface area contributed by atoms with Crippen molar-refractivity contribution in [1.82, 2.24) is 19.3 Å². The molecule has 0 aliphatic carbocycles. The Morgan fingerprint density at radius 3 is 2.85 bits per heavy atom. The van der Waals surface area contributed by atoms with E-state index in [4.69, 9.17) is 9.15 Å². The Bertz CT molecular complexity index is 1100. The van der Waals surface area contributed by atoms with Gasteiger partial charge in [-0.2, -0.15) is 0 Å². The Morgan fingerprint density at radius 2 is 1.96 bits per heavy atom. The molecule has 0 amide bonds. The van der Waals surface area contributed by atoms with Gasteiger partial charge in [0, 0.05) is 12.3 Å². The van der Waals surface area contributed by atoms with Gasteiger partial charge in [0.15, 0.2) is 10.7 Å². The molecule has 0 atom stereocenters. The number of hydrogen-bond acceptors (Lipinski definition) is 6. The number of rotatable bonds is 6. The van der Waals surface area contributed by atoms with Gasteiger partial charge in [-0.1, -0.05) is 36.0 Å². The molecule has 0 aliphatic rings. The highest BCUT2D eigenvalue weighted by atomic mass is 32.2. The minimum Gasteiger partial charge on any atom is -0.495 e.